The van der Waals surface area contributed by atoms with Gasteiger partial charge in [-0.2, -0.15) is 0 Å². The summed E-state index contributed by atoms with van der Waals surface area (Å²) in [6.07, 6.45) is 1.78. The van der Waals surface area contributed by atoms with Crippen molar-refractivity contribution in [3.05, 3.63) is 67.3 Å². The number of aryl methyl sites for hydroxylation is 2. The molecule has 0 unspecified atom stereocenters. The third-order valence-corrected chi connectivity index (χ3v) is 4.93. The van der Waals surface area contributed by atoms with Crippen LogP contribution in [0.3, 0.4) is 0 Å². The molecule has 9 heteroatoms. The summed E-state index contributed by atoms with van der Waals surface area (Å²) in [5.41, 5.74) is -0.152. The molecule has 3 aromatic rings. The van der Waals surface area contributed by atoms with Crippen LogP contribution in [0.4, 0.5) is 5.13 Å². The van der Waals surface area contributed by atoms with E-state index in [0.29, 0.717) is 11.6 Å². The maximum Gasteiger partial charge on any atom is 0.334 e. The van der Waals surface area contributed by atoms with E-state index in [2.05, 4.69) is 15.2 Å². The van der Waals surface area contributed by atoms with Gasteiger partial charge >= 0.3 is 5.69 Å². The Morgan fingerprint density at radius 1 is 1.21 bits per heavy atom. The average Bonchev–Trinajstić information content (AvgIpc) is 3.07. The van der Waals surface area contributed by atoms with Gasteiger partial charge in [-0.1, -0.05) is 41.7 Å². The van der Waals surface area contributed by atoms with Gasteiger partial charge < -0.3 is 5.11 Å². The summed E-state index contributed by atoms with van der Waals surface area (Å²) in [4.78, 5) is 29.7. The fraction of sp³-hybridized carbons (Fsp3) is 0.316. The van der Waals surface area contributed by atoms with Gasteiger partial charge in [-0.05, 0) is 32.8 Å². The highest BCUT2D eigenvalue weighted by atomic mass is 32.1. The molecule has 2 aromatic heterocycles. The minimum Gasteiger partial charge on any atom is -0.494 e. The molecule has 0 radical (unpaired) electrons. The summed E-state index contributed by atoms with van der Waals surface area (Å²) >= 11 is 1.26. The Morgan fingerprint density at radius 2 is 1.93 bits per heavy atom. The molecule has 1 N–H and O–H groups in total. The molecule has 0 saturated heterocycles. The quantitative estimate of drug-likeness (QED) is 0.642. The van der Waals surface area contributed by atoms with Crippen molar-refractivity contribution in [2.45, 2.75) is 39.8 Å². The van der Waals surface area contributed by atoms with Gasteiger partial charge in [0.05, 0.1) is 0 Å². The first-order chi connectivity index (χ1) is 13.4. The van der Waals surface area contributed by atoms with Crippen LogP contribution in [-0.2, 0) is 13.0 Å². The molecule has 0 aliphatic carbocycles. The molecule has 1 aromatic carbocycles. The first kappa shape index (κ1) is 19.7. The van der Waals surface area contributed by atoms with Crippen LogP contribution in [-0.4, -0.2) is 30.7 Å². The molecule has 0 aliphatic heterocycles. The molecule has 146 valence electrons. The molecule has 28 heavy (non-hydrogen) atoms. The lowest BCUT2D eigenvalue weighted by molar-refractivity contribution is 0.381. The molecule has 0 atom stereocenters. The molecule has 0 saturated carbocycles. The van der Waals surface area contributed by atoms with E-state index >= 15 is 0 Å². The van der Waals surface area contributed by atoms with Gasteiger partial charge in [0, 0.05) is 18.8 Å². The lowest BCUT2D eigenvalue weighted by Crippen LogP contribution is -2.42. The van der Waals surface area contributed by atoms with Crippen LogP contribution in [0.1, 0.15) is 36.0 Å². The van der Waals surface area contributed by atoms with Crippen LogP contribution >= 0.6 is 11.3 Å². The molecule has 0 amide bonds. The smallest absolute Gasteiger partial charge is 0.334 e. The number of benzene rings is 1. The molecule has 0 bridgehead atoms. The molecule has 0 fully saturated rings. The zero-order valence-corrected chi connectivity index (χ0v) is 16.7. The molecule has 0 aliphatic rings. The fourth-order valence-electron chi connectivity index (χ4n) is 2.79. The monoisotopic (exact) mass is 399 g/mol. The first-order valence-corrected chi connectivity index (χ1v) is 9.66. The van der Waals surface area contributed by atoms with Crippen molar-refractivity contribution >= 4 is 22.7 Å². The highest BCUT2D eigenvalue weighted by Gasteiger charge is 2.19. The van der Waals surface area contributed by atoms with Gasteiger partial charge in [0.25, 0.3) is 5.56 Å². The number of hydrogen-bond acceptors (Lipinski definition) is 7. The minimum absolute atomic E-state index is 0.0470. The fourth-order valence-corrected chi connectivity index (χ4v) is 3.32. The number of aliphatic imine (C=N–C) groups is 1. The number of aromatic nitrogens is 4. The Kier molecular flexibility index (Phi) is 5.84. The molecule has 2 heterocycles. The Hall–Kier alpha value is -3.07. The molecule has 3 rings (SSSR count). The Morgan fingerprint density at radius 3 is 2.54 bits per heavy atom. The maximum atomic E-state index is 12.8. The number of hydrogen-bond donors (Lipinski definition) is 1. The number of aromatic hydroxyl groups is 1. The molecule has 8 nitrogen and oxygen atoms in total. The van der Waals surface area contributed by atoms with Gasteiger partial charge in [-0.3, -0.25) is 13.9 Å². The summed E-state index contributed by atoms with van der Waals surface area (Å²) in [7, 11) is 0. The SMILES string of the molecule is Cc1nnc(/N=C/c2c(O)n(CCc3ccccc3)c(=O)n(C(C)C)c2=O)s1. The van der Waals surface area contributed by atoms with Crippen molar-refractivity contribution in [1.82, 2.24) is 19.3 Å². The normalized spacial score (nSPS) is 11.6. The Bertz CT molecular complexity index is 1110. The first-order valence-electron chi connectivity index (χ1n) is 8.85. The zero-order chi connectivity index (χ0) is 20.3. The van der Waals surface area contributed by atoms with Crippen molar-refractivity contribution < 1.29 is 5.11 Å². The molecular weight excluding hydrogens is 378 g/mol. The second kappa shape index (κ2) is 8.30. The van der Waals surface area contributed by atoms with E-state index in [9.17, 15) is 14.7 Å². The minimum atomic E-state index is -0.585. The van der Waals surface area contributed by atoms with Crippen LogP contribution in [0, 0.1) is 6.92 Å². The molecular formula is C19H21N5O3S. The number of nitrogens with zero attached hydrogens (tertiary/aromatic N) is 5. The van der Waals surface area contributed by atoms with E-state index in [1.54, 1.807) is 20.8 Å². The highest BCUT2D eigenvalue weighted by Crippen LogP contribution is 2.18. The van der Waals surface area contributed by atoms with E-state index in [-0.39, 0.29) is 18.2 Å². The van der Waals surface area contributed by atoms with Gasteiger partial charge in [0.1, 0.15) is 10.6 Å². The van der Waals surface area contributed by atoms with Crippen LogP contribution in [0.15, 0.2) is 44.9 Å². The average molecular weight is 399 g/mol. The second-order valence-corrected chi connectivity index (χ2v) is 7.70. The lowest BCUT2D eigenvalue weighted by Gasteiger charge is -2.16. The maximum absolute atomic E-state index is 12.8. The van der Waals surface area contributed by atoms with Crippen molar-refractivity contribution in [2.75, 3.05) is 0 Å². The van der Waals surface area contributed by atoms with Gasteiger partial charge in [-0.15, -0.1) is 10.2 Å². The standard InChI is InChI=1S/C19H21N5O3S/c1-12(2)24-17(26)15(11-20-18-22-21-13(3)28-18)16(25)23(19(24)27)10-9-14-7-5-4-6-8-14/h4-8,11-12,25H,9-10H2,1-3H3/b20-11+. The predicted molar refractivity (Wildman–Crippen MR) is 109 cm³/mol. The predicted octanol–water partition coefficient (Wildman–Crippen LogP) is 2.45. The summed E-state index contributed by atoms with van der Waals surface area (Å²) in [6, 6.07) is 9.26. The Balaban J connectivity index is 2.05. The largest absolute Gasteiger partial charge is 0.494 e. The van der Waals surface area contributed by atoms with Crippen LogP contribution in [0.5, 0.6) is 5.88 Å². The second-order valence-electron chi connectivity index (χ2n) is 6.54. The van der Waals surface area contributed by atoms with Crippen molar-refractivity contribution in [3.63, 3.8) is 0 Å². The zero-order valence-electron chi connectivity index (χ0n) is 15.9. The Labute approximate surface area is 165 Å². The van der Waals surface area contributed by atoms with Crippen molar-refractivity contribution in [3.8, 4) is 5.88 Å². The van der Waals surface area contributed by atoms with Gasteiger partial charge in [0.2, 0.25) is 11.0 Å². The van der Waals surface area contributed by atoms with Crippen molar-refractivity contribution in [2.24, 2.45) is 4.99 Å². The van der Waals surface area contributed by atoms with Gasteiger partial charge in [0.15, 0.2) is 0 Å². The summed E-state index contributed by atoms with van der Waals surface area (Å²) in [5.74, 6) is -0.396. The molecule has 0 spiro atoms. The van der Waals surface area contributed by atoms with Gasteiger partial charge in [-0.25, -0.2) is 9.79 Å². The van der Waals surface area contributed by atoms with Crippen LogP contribution < -0.4 is 11.2 Å². The van der Waals surface area contributed by atoms with Crippen LogP contribution in [0.2, 0.25) is 0 Å². The summed E-state index contributed by atoms with van der Waals surface area (Å²) in [5, 5.41) is 19.5. The summed E-state index contributed by atoms with van der Waals surface area (Å²) < 4.78 is 2.33. The van der Waals surface area contributed by atoms with E-state index in [1.807, 2.05) is 30.3 Å². The lowest BCUT2D eigenvalue weighted by atomic mass is 10.1. The highest BCUT2D eigenvalue weighted by molar-refractivity contribution is 7.14. The van der Waals surface area contributed by atoms with E-state index in [1.165, 1.54) is 22.1 Å². The van der Waals surface area contributed by atoms with E-state index in [0.717, 1.165) is 15.1 Å². The topological polar surface area (TPSA) is 102 Å². The summed E-state index contributed by atoms with van der Waals surface area (Å²) in [6.45, 7) is 5.52. The third-order valence-electron chi connectivity index (χ3n) is 4.19. The number of rotatable bonds is 6. The van der Waals surface area contributed by atoms with E-state index in [4.69, 9.17) is 0 Å². The van der Waals surface area contributed by atoms with Crippen LogP contribution in [0.25, 0.3) is 0 Å². The van der Waals surface area contributed by atoms with E-state index < -0.39 is 17.1 Å². The third kappa shape index (κ3) is 4.09. The van der Waals surface area contributed by atoms with Crippen molar-refractivity contribution in [1.29, 1.82) is 0 Å².